The molecule has 7 heteroatoms. The average Bonchev–Trinajstić information content (AvgIpc) is 2.89. The summed E-state index contributed by atoms with van der Waals surface area (Å²) in [6.45, 7) is 12.0. The van der Waals surface area contributed by atoms with E-state index in [9.17, 15) is 34.8 Å². The van der Waals surface area contributed by atoms with Gasteiger partial charge >= 0.3 is 0 Å². The first-order valence-corrected chi connectivity index (χ1v) is 13.7. The van der Waals surface area contributed by atoms with Crippen LogP contribution in [0.25, 0.3) is 11.1 Å². The third-order valence-electron chi connectivity index (χ3n) is 10.6. The van der Waals surface area contributed by atoms with Gasteiger partial charge in [0.15, 0.2) is 17.2 Å². The fraction of sp³-hybridized carbons (Fsp3) is 0.424. The number of hydrogen-bond donors (Lipinski definition) is 4. The Labute approximate surface area is 233 Å². The van der Waals surface area contributed by atoms with Crippen LogP contribution in [0.5, 0.6) is 5.75 Å². The van der Waals surface area contributed by atoms with Crippen LogP contribution in [0.1, 0.15) is 70.3 Å². The van der Waals surface area contributed by atoms with Crippen molar-refractivity contribution in [3.8, 4) is 16.9 Å². The lowest BCUT2D eigenvalue weighted by atomic mass is 9.39. The van der Waals surface area contributed by atoms with Gasteiger partial charge < -0.3 is 20.4 Å². The van der Waals surface area contributed by atoms with Gasteiger partial charge in [0.1, 0.15) is 22.8 Å². The molecular weight excluding hydrogens is 508 g/mol. The summed E-state index contributed by atoms with van der Waals surface area (Å²) < 4.78 is 0. The van der Waals surface area contributed by atoms with Crippen molar-refractivity contribution in [2.75, 3.05) is 0 Å². The highest BCUT2D eigenvalue weighted by Crippen LogP contribution is 2.70. The van der Waals surface area contributed by atoms with Crippen LogP contribution in [0.15, 0.2) is 65.1 Å². The lowest BCUT2D eigenvalue weighted by Crippen LogP contribution is -2.71. The summed E-state index contributed by atoms with van der Waals surface area (Å²) in [5.41, 5.74) is -4.20. The molecule has 0 fully saturated rings. The maximum Gasteiger partial charge on any atom is 0.209 e. The number of hydrogen-bond acceptors (Lipinski definition) is 7. The van der Waals surface area contributed by atoms with Crippen LogP contribution in [-0.2, 0) is 9.59 Å². The lowest BCUT2D eigenvalue weighted by Gasteiger charge is -2.64. The van der Waals surface area contributed by atoms with Gasteiger partial charge in [0.2, 0.25) is 5.78 Å². The molecule has 0 radical (unpaired) electrons. The topological polar surface area (TPSA) is 132 Å². The summed E-state index contributed by atoms with van der Waals surface area (Å²) in [5.74, 6) is -6.28. The molecule has 0 amide bonds. The van der Waals surface area contributed by atoms with E-state index in [1.165, 1.54) is 0 Å². The van der Waals surface area contributed by atoms with Crippen molar-refractivity contribution < 1.29 is 34.8 Å². The van der Waals surface area contributed by atoms with E-state index >= 15 is 0 Å². The van der Waals surface area contributed by atoms with E-state index in [2.05, 4.69) is 0 Å². The van der Waals surface area contributed by atoms with Crippen molar-refractivity contribution in [1.82, 2.24) is 0 Å². The highest BCUT2D eigenvalue weighted by molar-refractivity contribution is 6.25. The Morgan fingerprint density at radius 1 is 0.950 bits per heavy atom. The van der Waals surface area contributed by atoms with Gasteiger partial charge in [0.05, 0.1) is 5.56 Å². The highest BCUT2D eigenvalue weighted by atomic mass is 16.3. The van der Waals surface area contributed by atoms with Crippen LogP contribution in [-0.4, -0.2) is 43.4 Å². The van der Waals surface area contributed by atoms with Crippen LogP contribution in [0.2, 0.25) is 0 Å². The zero-order valence-electron chi connectivity index (χ0n) is 23.9. The van der Waals surface area contributed by atoms with E-state index in [4.69, 9.17) is 0 Å². The molecule has 1 unspecified atom stereocenters. The highest BCUT2D eigenvalue weighted by Gasteiger charge is 2.74. The number of Topliss-reactive ketones (excluding diaryl/α,β-unsaturated/α-hetero) is 3. The summed E-state index contributed by atoms with van der Waals surface area (Å²) in [4.78, 5) is 40.9. The van der Waals surface area contributed by atoms with Gasteiger partial charge in [-0.1, -0.05) is 84.0 Å². The number of carbonyl (C=O) groups excluding carboxylic acids is 3. The van der Waals surface area contributed by atoms with Crippen LogP contribution in [0.3, 0.4) is 0 Å². The van der Waals surface area contributed by atoms with Gasteiger partial charge in [0.25, 0.3) is 0 Å². The van der Waals surface area contributed by atoms with E-state index in [1.807, 2.05) is 71.0 Å². The van der Waals surface area contributed by atoms with E-state index in [1.54, 1.807) is 13.0 Å². The van der Waals surface area contributed by atoms with Crippen molar-refractivity contribution in [2.24, 2.45) is 28.6 Å². The molecule has 0 bridgehead atoms. The Hall–Kier alpha value is -3.71. The Kier molecular flexibility index (Phi) is 6.02. The molecule has 0 saturated heterocycles. The number of carbonyl (C=O) groups is 3. The number of benzene rings is 2. The molecule has 2 aromatic carbocycles. The molecule has 0 saturated carbocycles. The molecule has 0 spiro atoms. The number of phenols is 1. The summed E-state index contributed by atoms with van der Waals surface area (Å²) in [5, 5.41) is 47.0. The first-order valence-electron chi connectivity index (χ1n) is 13.7. The zero-order valence-corrected chi connectivity index (χ0v) is 23.9. The van der Waals surface area contributed by atoms with Gasteiger partial charge in [-0.2, -0.15) is 0 Å². The first kappa shape index (κ1) is 27.8. The molecule has 3 aliphatic carbocycles. The second-order valence-corrected chi connectivity index (χ2v) is 12.4. The quantitative estimate of drug-likeness (QED) is 0.358. The number of fused-ring (bicyclic) bond motifs is 3. The predicted octanol–water partition coefficient (Wildman–Crippen LogP) is 5.82. The van der Waals surface area contributed by atoms with Crippen molar-refractivity contribution in [3.05, 3.63) is 76.3 Å². The summed E-state index contributed by atoms with van der Waals surface area (Å²) in [6, 6.07) is 12.7. The second-order valence-electron chi connectivity index (χ2n) is 12.4. The Morgan fingerprint density at radius 3 is 2.10 bits per heavy atom. The molecule has 0 aliphatic heterocycles. The van der Waals surface area contributed by atoms with Gasteiger partial charge in [-0.3, -0.25) is 14.4 Å². The van der Waals surface area contributed by atoms with Crippen LogP contribution >= 0.6 is 0 Å². The number of aliphatic hydroxyl groups excluding tert-OH is 2. The Bertz CT molecular complexity index is 1550. The van der Waals surface area contributed by atoms with Gasteiger partial charge in [-0.05, 0) is 35.8 Å². The number of ketones is 3. The Balaban J connectivity index is 1.86. The number of aliphatic hydroxyl groups is 3. The molecular formula is C33H36O7. The van der Waals surface area contributed by atoms with Gasteiger partial charge in [0, 0.05) is 27.9 Å². The molecule has 3 aliphatic rings. The van der Waals surface area contributed by atoms with E-state index < -0.39 is 68.6 Å². The van der Waals surface area contributed by atoms with Crippen molar-refractivity contribution in [1.29, 1.82) is 0 Å². The van der Waals surface area contributed by atoms with Gasteiger partial charge in [-0.15, -0.1) is 0 Å². The average molecular weight is 545 g/mol. The number of phenolic OH excluding ortho intramolecular Hbond substituents is 1. The molecule has 210 valence electrons. The molecule has 4 N–H and O–H groups in total. The van der Waals surface area contributed by atoms with E-state index in [0.717, 1.165) is 6.92 Å². The molecule has 5 rings (SSSR count). The van der Waals surface area contributed by atoms with E-state index in [0.29, 0.717) is 16.7 Å². The van der Waals surface area contributed by atoms with Crippen molar-refractivity contribution >= 4 is 17.3 Å². The first-order chi connectivity index (χ1) is 18.6. The monoisotopic (exact) mass is 544 g/mol. The fourth-order valence-corrected chi connectivity index (χ4v) is 8.22. The summed E-state index contributed by atoms with van der Waals surface area (Å²) >= 11 is 0. The number of rotatable bonds is 3. The molecule has 6 atom stereocenters. The normalized spacial score (nSPS) is 33.6. The summed E-state index contributed by atoms with van der Waals surface area (Å²) in [7, 11) is 0. The number of aromatic hydroxyl groups is 1. The SMILES string of the molecule is CC(=O)C1=C(O)C(C(C)C)[C@@]2(C)[C@H](C)[C@]3(C)C(=C(O)[C@@]2(O)C1=O)C(=O)c1c(ccc(-c2ccccc2)c1O)[C@H]3C. The maximum absolute atomic E-state index is 14.4. The smallest absolute Gasteiger partial charge is 0.209 e. The molecule has 0 heterocycles. The molecule has 0 aromatic heterocycles. The molecule has 2 aromatic rings. The molecule has 7 nitrogen and oxygen atoms in total. The fourth-order valence-electron chi connectivity index (χ4n) is 8.22. The standard InChI is InChI=1S/C33H36O7/c1-15(2)24-27(36)22(17(4)34)29(38)33(40)30(39)25-28(37)23-20(16(3)31(25,6)18(5)32(24,33)7)13-14-21(26(23)35)19-11-9-8-10-12-19/h8-16,18,24,35-36,39-40H,1-7H3/t16-,18-,24?,31-,32-,33+/m1/s1. The largest absolute Gasteiger partial charge is 0.511 e. The predicted molar refractivity (Wildman–Crippen MR) is 150 cm³/mol. The van der Waals surface area contributed by atoms with Gasteiger partial charge in [-0.25, -0.2) is 0 Å². The summed E-state index contributed by atoms with van der Waals surface area (Å²) in [6.07, 6.45) is 0. The maximum atomic E-state index is 14.4. The third-order valence-corrected chi connectivity index (χ3v) is 10.6. The molecule has 40 heavy (non-hydrogen) atoms. The van der Waals surface area contributed by atoms with Crippen molar-refractivity contribution in [3.63, 3.8) is 0 Å². The third kappa shape index (κ3) is 3.01. The van der Waals surface area contributed by atoms with Crippen LogP contribution in [0, 0.1) is 28.6 Å². The minimum Gasteiger partial charge on any atom is -0.511 e. The lowest BCUT2D eigenvalue weighted by molar-refractivity contribution is -0.189. The minimum absolute atomic E-state index is 0.0149. The van der Waals surface area contributed by atoms with Crippen LogP contribution in [0.4, 0.5) is 0 Å². The van der Waals surface area contributed by atoms with Crippen molar-refractivity contribution in [2.45, 2.75) is 60.0 Å². The van der Waals surface area contributed by atoms with E-state index in [-0.39, 0.29) is 22.8 Å². The van der Waals surface area contributed by atoms with Crippen LogP contribution < -0.4 is 0 Å². The Morgan fingerprint density at radius 2 is 1.55 bits per heavy atom. The second kappa shape index (κ2) is 8.64. The minimum atomic E-state index is -2.65. The number of allylic oxidation sites excluding steroid dienone is 2. The zero-order chi connectivity index (χ0) is 29.7.